The number of hydrogen-bond acceptors (Lipinski definition) is 5. The highest BCUT2D eigenvalue weighted by Crippen LogP contribution is 2.22. The molecule has 0 aliphatic heterocycles. The average molecular weight is 279 g/mol. The van der Waals surface area contributed by atoms with Crippen LogP contribution in [0.25, 0.3) is 0 Å². The zero-order valence-corrected chi connectivity index (χ0v) is 10.6. The number of nitro benzene ring substituents is 1. The maximum atomic E-state index is 11.2. The molecule has 19 heavy (non-hydrogen) atoms. The van der Waals surface area contributed by atoms with Crippen LogP contribution in [0.5, 0.6) is 5.75 Å². The van der Waals surface area contributed by atoms with Gasteiger partial charge in [0.15, 0.2) is 5.11 Å². The van der Waals surface area contributed by atoms with Crippen molar-refractivity contribution in [3.63, 3.8) is 0 Å². The molecule has 0 saturated carbocycles. The minimum Gasteiger partial charge on any atom is -0.868 e. The summed E-state index contributed by atoms with van der Waals surface area (Å²) >= 11 is 4.88. The van der Waals surface area contributed by atoms with Gasteiger partial charge >= 0.3 is 0 Å². The van der Waals surface area contributed by atoms with E-state index in [0.29, 0.717) is 17.2 Å². The molecule has 0 fully saturated rings. The third-order valence-electron chi connectivity index (χ3n) is 1.97. The molecular formula is C11H11N4O3S-. The first-order valence-electron chi connectivity index (χ1n) is 5.18. The Morgan fingerprint density at radius 3 is 2.95 bits per heavy atom. The summed E-state index contributed by atoms with van der Waals surface area (Å²) in [4.78, 5) is 9.85. The first kappa shape index (κ1) is 14.6. The number of hydrazone groups is 1. The van der Waals surface area contributed by atoms with Crippen LogP contribution < -0.4 is 15.8 Å². The van der Waals surface area contributed by atoms with Gasteiger partial charge in [-0.25, -0.2) is 0 Å². The number of rotatable bonds is 5. The fourth-order valence-electron chi connectivity index (χ4n) is 1.13. The van der Waals surface area contributed by atoms with Crippen LogP contribution in [0.15, 0.2) is 36.0 Å². The number of hydrogen-bond donors (Lipinski definition) is 2. The highest BCUT2D eigenvalue weighted by atomic mass is 32.1. The van der Waals surface area contributed by atoms with Crippen molar-refractivity contribution >= 4 is 29.2 Å². The zero-order valence-electron chi connectivity index (χ0n) is 9.83. The van der Waals surface area contributed by atoms with Crippen molar-refractivity contribution < 1.29 is 10.0 Å². The van der Waals surface area contributed by atoms with Gasteiger partial charge in [0.05, 0.1) is 11.1 Å². The molecule has 8 heteroatoms. The van der Waals surface area contributed by atoms with Gasteiger partial charge < -0.3 is 10.4 Å². The molecule has 0 unspecified atom stereocenters. The van der Waals surface area contributed by atoms with E-state index in [1.807, 2.05) is 0 Å². The van der Waals surface area contributed by atoms with E-state index in [1.54, 1.807) is 6.08 Å². The van der Waals surface area contributed by atoms with Crippen LogP contribution >= 0.6 is 12.2 Å². The molecular weight excluding hydrogens is 268 g/mol. The molecule has 0 saturated heterocycles. The highest BCUT2D eigenvalue weighted by Gasteiger charge is 2.06. The lowest BCUT2D eigenvalue weighted by Crippen LogP contribution is -2.31. The Hall–Kier alpha value is -2.48. The molecule has 0 aliphatic rings. The smallest absolute Gasteiger partial charge is 0.262 e. The first-order valence-corrected chi connectivity index (χ1v) is 5.58. The predicted molar refractivity (Wildman–Crippen MR) is 74.1 cm³/mol. The van der Waals surface area contributed by atoms with Gasteiger partial charge in [-0.1, -0.05) is 18.2 Å². The Morgan fingerprint density at radius 2 is 2.32 bits per heavy atom. The fraction of sp³-hybridized carbons (Fsp3) is 0.0909. The van der Waals surface area contributed by atoms with Crippen molar-refractivity contribution in [1.82, 2.24) is 10.7 Å². The van der Waals surface area contributed by atoms with Gasteiger partial charge in [-0.3, -0.25) is 15.5 Å². The number of nitrogens with one attached hydrogen (secondary N) is 2. The molecule has 0 radical (unpaired) electrons. The van der Waals surface area contributed by atoms with Gasteiger partial charge in [-0.05, 0) is 18.0 Å². The van der Waals surface area contributed by atoms with Crippen LogP contribution in [-0.4, -0.2) is 22.8 Å². The second-order valence-corrected chi connectivity index (χ2v) is 3.76. The molecule has 0 heterocycles. The molecule has 0 bridgehead atoms. The largest absolute Gasteiger partial charge is 0.868 e. The summed E-state index contributed by atoms with van der Waals surface area (Å²) in [6.07, 6.45) is 2.96. The third-order valence-corrected chi connectivity index (χ3v) is 2.20. The number of benzene rings is 1. The molecule has 0 atom stereocenters. The molecule has 7 nitrogen and oxygen atoms in total. The van der Waals surface area contributed by atoms with E-state index >= 15 is 0 Å². The molecule has 0 spiro atoms. The van der Waals surface area contributed by atoms with Crippen molar-refractivity contribution in [2.24, 2.45) is 5.10 Å². The summed E-state index contributed by atoms with van der Waals surface area (Å²) in [5.74, 6) is -0.640. The molecule has 0 aliphatic carbocycles. The lowest BCUT2D eigenvalue weighted by Gasteiger charge is -2.06. The zero-order chi connectivity index (χ0) is 14.3. The van der Waals surface area contributed by atoms with Gasteiger partial charge in [-0.15, -0.1) is 6.58 Å². The molecule has 1 aromatic carbocycles. The van der Waals surface area contributed by atoms with E-state index in [-0.39, 0.29) is 0 Å². The highest BCUT2D eigenvalue weighted by molar-refractivity contribution is 7.80. The Labute approximate surface area is 114 Å². The lowest BCUT2D eigenvalue weighted by atomic mass is 10.2. The van der Waals surface area contributed by atoms with Crippen LogP contribution in [0.1, 0.15) is 5.56 Å². The van der Waals surface area contributed by atoms with Crippen LogP contribution in [-0.2, 0) is 0 Å². The summed E-state index contributed by atoms with van der Waals surface area (Å²) in [5, 5.41) is 28.6. The maximum Gasteiger partial charge on any atom is 0.262 e. The normalized spacial score (nSPS) is 10.1. The van der Waals surface area contributed by atoms with Crippen molar-refractivity contribution in [2.45, 2.75) is 0 Å². The first-order chi connectivity index (χ1) is 9.04. The van der Waals surface area contributed by atoms with Gasteiger partial charge in [0.2, 0.25) is 0 Å². The number of nitrogens with zero attached hydrogens (tertiary/aromatic N) is 2. The Bertz CT molecular complexity index is 531. The monoisotopic (exact) mass is 279 g/mol. The number of thiocarbonyl (C=S) groups is 1. The summed E-state index contributed by atoms with van der Waals surface area (Å²) in [5.41, 5.74) is 2.46. The van der Waals surface area contributed by atoms with E-state index in [0.717, 1.165) is 12.1 Å². The van der Waals surface area contributed by atoms with Gasteiger partial charge in [0.1, 0.15) is 0 Å². The summed E-state index contributed by atoms with van der Waals surface area (Å²) in [6.45, 7) is 4.01. The molecule has 0 amide bonds. The Morgan fingerprint density at radius 1 is 1.58 bits per heavy atom. The lowest BCUT2D eigenvalue weighted by molar-refractivity contribution is -0.398. The fourth-order valence-corrected chi connectivity index (χ4v) is 1.26. The van der Waals surface area contributed by atoms with E-state index in [1.165, 1.54) is 12.3 Å². The van der Waals surface area contributed by atoms with Gasteiger partial charge in [0, 0.05) is 18.2 Å². The number of nitro groups is 1. The average Bonchev–Trinajstić information content (AvgIpc) is 2.38. The SMILES string of the molecule is C=CCNC(=S)NN=Cc1ccc([O-])c([N+](=O)[O-])c1. The minimum absolute atomic E-state index is 0.297. The van der Waals surface area contributed by atoms with Crippen molar-refractivity contribution in [2.75, 3.05) is 6.54 Å². The van der Waals surface area contributed by atoms with Crippen molar-refractivity contribution in [1.29, 1.82) is 0 Å². The topological polar surface area (TPSA) is 103 Å². The van der Waals surface area contributed by atoms with Crippen LogP contribution in [0.2, 0.25) is 0 Å². The standard InChI is InChI=1S/C11H12N4O3S/c1-2-5-12-11(19)14-13-7-8-3-4-10(16)9(6-8)15(17)18/h2-4,6-7,16H,1,5H2,(H2,12,14,19)/p-1. The summed E-state index contributed by atoms with van der Waals surface area (Å²) in [7, 11) is 0. The molecule has 0 aromatic heterocycles. The Balaban J connectivity index is 2.67. The summed E-state index contributed by atoms with van der Waals surface area (Å²) in [6, 6.07) is 3.70. The van der Waals surface area contributed by atoms with E-state index in [9.17, 15) is 15.2 Å². The maximum absolute atomic E-state index is 11.2. The third kappa shape index (κ3) is 4.72. The Kier molecular flexibility index (Phi) is 5.42. The quantitative estimate of drug-likeness (QED) is 0.270. The van der Waals surface area contributed by atoms with Crippen LogP contribution in [0.3, 0.4) is 0 Å². The molecule has 100 valence electrons. The second-order valence-electron chi connectivity index (χ2n) is 3.35. The van der Waals surface area contributed by atoms with E-state index in [4.69, 9.17) is 12.2 Å². The van der Waals surface area contributed by atoms with Gasteiger partial charge in [-0.2, -0.15) is 5.10 Å². The van der Waals surface area contributed by atoms with Crippen molar-refractivity contribution in [3.8, 4) is 5.75 Å². The van der Waals surface area contributed by atoms with Crippen LogP contribution in [0, 0.1) is 10.1 Å². The molecule has 1 aromatic rings. The summed E-state index contributed by atoms with van der Waals surface area (Å²) < 4.78 is 0. The van der Waals surface area contributed by atoms with Gasteiger partial charge in [0.25, 0.3) is 5.69 Å². The second kappa shape index (κ2) is 7.07. The molecule has 2 N–H and O–H groups in total. The predicted octanol–water partition coefficient (Wildman–Crippen LogP) is 0.652. The van der Waals surface area contributed by atoms with Crippen molar-refractivity contribution in [3.05, 3.63) is 46.5 Å². The van der Waals surface area contributed by atoms with E-state index in [2.05, 4.69) is 22.4 Å². The minimum atomic E-state index is -0.733. The van der Waals surface area contributed by atoms with E-state index < -0.39 is 16.4 Å². The van der Waals surface area contributed by atoms with Crippen LogP contribution in [0.4, 0.5) is 5.69 Å². The molecule has 1 rings (SSSR count).